The van der Waals surface area contributed by atoms with Gasteiger partial charge in [0.05, 0.1) is 11.2 Å². The molecule has 6 heteroatoms. The molecule has 0 bridgehead atoms. The lowest BCUT2D eigenvalue weighted by Crippen LogP contribution is -2.58. The molecular formula is C17H32BNO4. The topological polar surface area (TPSA) is 56.8 Å². The Kier molecular flexibility index (Phi) is 5.20. The second-order valence-corrected chi connectivity index (χ2v) is 8.80. The summed E-state index contributed by atoms with van der Waals surface area (Å²) in [6.45, 7) is 14.9. The van der Waals surface area contributed by atoms with Crippen LogP contribution in [0.3, 0.4) is 0 Å². The molecule has 2 aliphatic rings. The number of ether oxygens (including phenoxy) is 1. The molecule has 0 amide bonds. The van der Waals surface area contributed by atoms with Crippen molar-refractivity contribution in [3.05, 3.63) is 0 Å². The largest absolute Gasteiger partial charge is 0.459 e. The van der Waals surface area contributed by atoms with E-state index in [2.05, 4.69) is 33.0 Å². The Morgan fingerprint density at radius 1 is 1.22 bits per heavy atom. The predicted octanol–water partition coefficient (Wildman–Crippen LogP) is 2.79. The fourth-order valence-electron chi connectivity index (χ4n) is 2.94. The normalized spacial score (nSPS) is 29.3. The molecule has 2 aliphatic heterocycles. The van der Waals surface area contributed by atoms with Crippen LogP contribution in [-0.4, -0.2) is 42.5 Å². The van der Waals surface area contributed by atoms with Gasteiger partial charge in [0, 0.05) is 6.54 Å². The fraction of sp³-hybridized carbons (Fsp3) is 0.941. The molecule has 0 aromatic carbocycles. The van der Waals surface area contributed by atoms with Crippen LogP contribution in [0.4, 0.5) is 0 Å². The highest BCUT2D eigenvalue weighted by Gasteiger charge is 2.50. The van der Waals surface area contributed by atoms with Crippen molar-refractivity contribution in [1.82, 2.24) is 5.32 Å². The smallest absolute Gasteiger partial charge is 0.457 e. The minimum absolute atomic E-state index is 0.135. The molecule has 2 saturated heterocycles. The van der Waals surface area contributed by atoms with E-state index in [0.717, 1.165) is 25.7 Å². The molecule has 0 spiro atoms. The van der Waals surface area contributed by atoms with Crippen LogP contribution in [0.1, 0.15) is 61.3 Å². The lowest BCUT2D eigenvalue weighted by Gasteiger charge is -2.37. The van der Waals surface area contributed by atoms with Crippen molar-refractivity contribution in [2.75, 3.05) is 6.54 Å². The molecule has 0 aromatic heterocycles. The van der Waals surface area contributed by atoms with Crippen molar-refractivity contribution in [1.29, 1.82) is 0 Å². The Hall–Kier alpha value is -0.585. The van der Waals surface area contributed by atoms with Gasteiger partial charge < -0.3 is 19.4 Å². The summed E-state index contributed by atoms with van der Waals surface area (Å²) in [6, 6.07) is -0.160. The van der Waals surface area contributed by atoms with Crippen molar-refractivity contribution in [3.8, 4) is 0 Å². The van der Waals surface area contributed by atoms with E-state index in [9.17, 15) is 4.79 Å². The monoisotopic (exact) mass is 325 g/mol. The van der Waals surface area contributed by atoms with E-state index in [0.29, 0.717) is 5.92 Å². The van der Waals surface area contributed by atoms with Crippen molar-refractivity contribution < 1.29 is 18.8 Å². The maximum Gasteiger partial charge on any atom is 0.457 e. The van der Waals surface area contributed by atoms with Gasteiger partial charge in [0.15, 0.2) is 0 Å². The second-order valence-electron chi connectivity index (χ2n) is 8.80. The molecule has 5 nitrogen and oxygen atoms in total. The van der Waals surface area contributed by atoms with E-state index in [-0.39, 0.29) is 30.3 Å². The standard InChI is InChI=1S/C17H32BNO4/c1-15(2,3)21-14(20)13-12(11-19-13)9-8-10-18-22-16(4,5)17(6,7)23-18/h12-13,19H,8-11H2,1-7H3/t12-,13-/m0/s1. The summed E-state index contributed by atoms with van der Waals surface area (Å²) in [5.74, 6) is 0.219. The summed E-state index contributed by atoms with van der Waals surface area (Å²) >= 11 is 0. The van der Waals surface area contributed by atoms with Crippen LogP contribution in [-0.2, 0) is 18.8 Å². The zero-order valence-corrected chi connectivity index (χ0v) is 15.7. The summed E-state index contributed by atoms with van der Waals surface area (Å²) in [4.78, 5) is 12.1. The number of carbonyl (C=O) groups excluding carboxylic acids is 1. The molecule has 2 rings (SSSR count). The van der Waals surface area contributed by atoms with E-state index in [4.69, 9.17) is 14.0 Å². The first-order chi connectivity index (χ1) is 10.4. The molecule has 132 valence electrons. The third kappa shape index (κ3) is 4.49. The summed E-state index contributed by atoms with van der Waals surface area (Å²) in [7, 11) is -0.145. The van der Waals surface area contributed by atoms with Crippen LogP contribution < -0.4 is 5.32 Å². The van der Waals surface area contributed by atoms with Crippen LogP contribution in [0.5, 0.6) is 0 Å². The molecule has 0 radical (unpaired) electrons. The SMILES string of the molecule is CC(C)(C)OC(=O)[C@H]1NC[C@@H]1CCCB1OC(C)(C)C(C)(C)O1. The zero-order chi connectivity index (χ0) is 17.5. The molecule has 0 saturated carbocycles. The summed E-state index contributed by atoms with van der Waals surface area (Å²) in [5.41, 5.74) is -0.967. The third-order valence-corrected chi connectivity index (χ3v) is 5.05. The molecule has 2 atom stereocenters. The Balaban J connectivity index is 1.72. The van der Waals surface area contributed by atoms with Crippen LogP contribution in [0.15, 0.2) is 0 Å². The van der Waals surface area contributed by atoms with Crippen molar-refractivity contribution in [2.24, 2.45) is 5.92 Å². The van der Waals surface area contributed by atoms with E-state index in [1.165, 1.54) is 0 Å². The van der Waals surface area contributed by atoms with Gasteiger partial charge in [-0.15, -0.1) is 0 Å². The number of hydrogen-bond donors (Lipinski definition) is 1. The highest BCUT2D eigenvalue weighted by atomic mass is 16.7. The minimum Gasteiger partial charge on any atom is -0.459 e. The number of esters is 1. The summed E-state index contributed by atoms with van der Waals surface area (Å²) in [5, 5.41) is 3.19. The van der Waals surface area contributed by atoms with Gasteiger partial charge in [-0.2, -0.15) is 0 Å². The van der Waals surface area contributed by atoms with Gasteiger partial charge in [0.2, 0.25) is 0 Å². The predicted molar refractivity (Wildman–Crippen MR) is 91.2 cm³/mol. The van der Waals surface area contributed by atoms with Crippen LogP contribution in [0.2, 0.25) is 6.32 Å². The minimum atomic E-state index is -0.429. The number of nitrogens with one attached hydrogen (secondary N) is 1. The van der Waals surface area contributed by atoms with Crippen molar-refractivity contribution >= 4 is 13.1 Å². The molecular weight excluding hydrogens is 293 g/mol. The fourth-order valence-corrected chi connectivity index (χ4v) is 2.94. The van der Waals surface area contributed by atoms with Crippen LogP contribution in [0.25, 0.3) is 0 Å². The van der Waals surface area contributed by atoms with E-state index >= 15 is 0 Å². The molecule has 0 aromatic rings. The molecule has 1 N–H and O–H groups in total. The van der Waals surface area contributed by atoms with Gasteiger partial charge in [-0.25, -0.2) is 0 Å². The maximum absolute atomic E-state index is 12.1. The summed E-state index contributed by atoms with van der Waals surface area (Å²) < 4.78 is 17.5. The number of rotatable bonds is 5. The first-order valence-electron chi connectivity index (χ1n) is 8.73. The van der Waals surface area contributed by atoms with Gasteiger partial charge in [0.1, 0.15) is 11.6 Å². The van der Waals surface area contributed by atoms with Gasteiger partial charge >= 0.3 is 13.1 Å². The van der Waals surface area contributed by atoms with Crippen LogP contribution in [0, 0.1) is 5.92 Å². The highest BCUT2D eigenvalue weighted by molar-refractivity contribution is 6.45. The van der Waals surface area contributed by atoms with Gasteiger partial charge in [-0.3, -0.25) is 4.79 Å². The Morgan fingerprint density at radius 3 is 2.22 bits per heavy atom. The van der Waals surface area contributed by atoms with Gasteiger partial charge in [0.25, 0.3) is 0 Å². The second kappa shape index (κ2) is 6.38. The van der Waals surface area contributed by atoms with E-state index in [1.807, 2.05) is 20.8 Å². The average molecular weight is 325 g/mol. The Bertz CT molecular complexity index is 428. The molecule has 2 fully saturated rings. The lowest BCUT2D eigenvalue weighted by molar-refractivity contribution is -0.162. The Labute approximate surface area is 141 Å². The number of hydrogen-bond acceptors (Lipinski definition) is 5. The third-order valence-electron chi connectivity index (χ3n) is 5.05. The molecule has 23 heavy (non-hydrogen) atoms. The van der Waals surface area contributed by atoms with Gasteiger partial charge in [-0.1, -0.05) is 6.42 Å². The highest BCUT2D eigenvalue weighted by Crippen LogP contribution is 2.38. The van der Waals surface area contributed by atoms with Gasteiger partial charge in [-0.05, 0) is 67.1 Å². The van der Waals surface area contributed by atoms with Crippen molar-refractivity contribution in [2.45, 2.75) is 90.5 Å². The first-order valence-corrected chi connectivity index (χ1v) is 8.73. The van der Waals surface area contributed by atoms with E-state index in [1.54, 1.807) is 0 Å². The molecule has 0 unspecified atom stereocenters. The zero-order valence-electron chi connectivity index (χ0n) is 15.7. The lowest BCUT2D eigenvalue weighted by atomic mass is 9.78. The van der Waals surface area contributed by atoms with E-state index < -0.39 is 5.60 Å². The summed E-state index contributed by atoms with van der Waals surface area (Å²) in [6.07, 6.45) is 2.84. The molecule has 2 heterocycles. The van der Waals surface area contributed by atoms with Crippen molar-refractivity contribution in [3.63, 3.8) is 0 Å². The quantitative estimate of drug-likeness (QED) is 0.622. The number of carbonyl (C=O) groups is 1. The first kappa shape index (κ1) is 18.7. The maximum atomic E-state index is 12.1. The molecule has 0 aliphatic carbocycles. The van der Waals surface area contributed by atoms with Crippen LogP contribution >= 0.6 is 0 Å². The Morgan fingerprint density at radius 2 is 1.78 bits per heavy atom. The average Bonchev–Trinajstić information content (AvgIpc) is 2.49.